The molecule has 0 saturated heterocycles. The second-order valence-corrected chi connectivity index (χ2v) is 5.49. The van der Waals surface area contributed by atoms with Crippen molar-refractivity contribution in [3.63, 3.8) is 0 Å². The van der Waals surface area contributed by atoms with E-state index in [-0.39, 0.29) is 5.82 Å². The predicted octanol–water partition coefficient (Wildman–Crippen LogP) is 4.67. The lowest BCUT2D eigenvalue weighted by atomic mass is 9.88. The Balaban J connectivity index is 1.74. The first-order valence-corrected chi connectivity index (χ1v) is 7.55. The lowest BCUT2D eigenvalue weighted by Crippen LogP contribution is -2.23. The molecule has 0 radical (unpaired) electrons. The maximum atomic E-state index is 13.0. The van der Waals surface area contributed by atoms with Crippen molar-refractivity contribution in [2.24, 2.45) is 0 Å². The van der Waals surface area contributed by atoms with E-state index in [0.29, 0.717) is 17.2 Å². The van der Waals surface area contributed by atoms with Gasteiger partial charge < -0.3 is 9.47 Å². The quantitative estimate of drug-likeness (QED) is 0.508. The van der Waals surface area contributed by atoms with E-state index in [0.717, 1.165) is 11.1 Å². The minimum absolute atomic E-state index is 0.308. The fraction of sp³-hybridized carbons (Fsp3) is 0.0500. The molecule has 4 heteroatoms. The molecule has 1 aliphatic heterocycles. The summed E-state index contributed by atoms with van der Waals surface area (Å²) in [5, 5.41) is 0. The lowest BCUT2D eigenvalue weighted by Gasteiger charge is -2.26. The largest absolute Gasteiger partial charge is 0.457 e. The smallest absolute Gasteiger partial charge is 0.323 e. The third-order valence-corrected chi connectivity index (χ3v) is 3.95. The van der Waals surface area contributed by atoms with E-state index < -0.39 is 11.9 Å². The zero-order valence-corrected chi connectivity index (χ0v) is 12.6. The minimum atomic E-state index is -0.587. The van der Waals surface area contributed by atoms with Crippen molar-refractivity contribution in [1.82, 2.24) is 0 Å². The third kappa shape index (κ3) is 2.52. The number of hydrogen-bond donors (Lipinski definition) is 0. The van der Waals surface area contributed by atoms with E-state index in [2.05, 4.69) is 0 Å². The molecule has 0 N–H and O–H groups in total. The van der Waals surface area contributed by atoms with E-state index in [1.165, 1.54) is 24.3 Å². The third-order valence-electron chi connectivity index (χ3n) is 3.95. The molecule has 118 valence electrons. The number of hydrogen-bond acceptors (Lipinski definition) is 3. The first-order valence-electron chi connectivity index (χ1n) is 7.55. The fourth-order valence-corrected chi connectivity index (χ4v) is 2.84. The zero-order chi connectivity index (χ0) is 16.5. The van der Waals surface area contributed by atoms with Gasteiger partial charge in [-0.2, -0.15) is 0 Å². The second kappa shape index (κ2) is 5.81. The highest BCUT2D eigenvalue weighted by Crippen LogP contribution is 2.44. The molecule has 1 aliphatic rings. The Morgan fingerprint density at radius 2 is 1.38 bits per heavy atom. The van der Waals surface area contributed by atoms with Crippen LogP contribution < -0.4 is 9.47 Å². The number of benzene rings is 3. The van der Waals surface area contributed by atoms with Crippen LogP contribution in [0.15, 0.2) is 72.8 Å². The molecule has 3 nitrogen and oxygen atoms in total. The average molecular weight is 320 g/mol. The molecule has 0 bridgehead atoms. The number of rotatable bonds is 2. The number of carbonyl (C=O) groups excluding carboxylic acids is 1. The molecule has 24 heavy (non-hydrogen) atoms. The Labute approximate surface area is 138 Å². The van der Waals surface area contributed by atoms with E-state index in [1.54, 1.807) is 0 Å². The standard InChI is InChI=1S/C20H13FO3/c21-13-9-11-14(12-10-13)23-20(22)19-15-5-1-3-7-17(15)24-18-8-4-2-6-16(18)19/h1-12,19H. The van der Waals surface area contributed by atoms with Crippen LogP contribution in [0.4, 0.5) is 4.39 Å². The summed E-state index contributed by atoms with van der Waals surface area (Å²) in [6, 6.07) is 20.2. The van der Waals surface area contributed by atoms with Crippen molar-refractivity contribution < 1.29 is 18.7 Å². The molecular formula is C20H13FO3. The van der Waals surface area contributed by atoms with Crippen LogP contribution in [0.5, 0.6) is 17.2 Å². The van der Waals surface area contributed by atoms with Crippen LogP contribution in [0.25, 0.3) is 0 Å². The molecule has 1 heterocycles. The number of carbonyl (C=O) groups is 1. The molecule has 0 spiro atoms. The number of ether oxygens (including phenoxy) is 2. The van der Waals surface area contributed by atoms with Crippen molar-refractivity contribution >= 4 is 5.97 Å². The molecule has 0 saturated carbocycles. The van der Waals surface area contributed by atoms with Gasteiger partial charge in [0.2, 0.25) is 0 Å². The van der Waals surface area contributed by atoms with Crippen LogP contribution in [0.3, 0.4) is 0 Å². The van der Waals surface area contributed by atoms with Crippen LogP contribution in [0.2, 0.25) is 0 Å². The van der Waals surface area contributed by atoms with Gasteiger partial charge in [-0.15, -0.1) is 0 Å². The topological polar surface area (TPSA) is 35.5 Å². The van der Waals surface area contributed by atoms with Gasteiger partial charge in [-0.05, 0) is 36.4 Å². The maximum absolute atomic E-state index is 13.0. The monoisotopic (exact) mass is 320 g/mol. The van der Waals surface area contributed by atoms with Gasteiger partial charge >= 0.3 is 5.97 Å². The van der Waals surface area contributed by atoms with Crippen molar-refractivity contribution in [2.45, 2.75) is 5.92 Å². The van der Waals surface area contributed by atoms with E-state index >= 15 is 0 Å². The summed E-state index contributed by atoms with van der Waals surface area (Å²) in [5.41, 5.74) is 1.51. The summed E-state index contributed by atoms with van der Waals surface area (Å²) >= 11 is 0. The number of fused-ring (bicyclic) bond motifs is 2. The molecule has 4 rings (SSSR count). The van der Waals surface area contributed by atoms with Gasteiger partial charge in [-0.3, -0.25) is 4.79 Å². The summed E-state index contributed by atoms with van der Waals surface area (Å²) in [6.45, 7) is 0. The molecule has 0 amide bonds. The summed E-state index contributed by atoms with van der Waals surface area (Å²) in [7, 11) is 0. The van der Waals surface area contributed by atoms with Crippen molar-refractivity contribution in [1.29, 1.82) is 0 Å². The maximum Gasteiger partial charge on any atom is 0.323 e. The lowest BCUT2D eigenvalue weighted by molar-refractivity contribution is -0.135. The predicted molar refractivity (Wildman–Crippen MR) is 86.8 cm³/mol. The molecule has 0 unspecified atom stereocenters. The van der Waals surface area contributed by atoms with Gasteiger partial charge in [-0.25, -0.2) is 4.39 Å². The van der Waals surface area contributed by atoms with E-state index in [1.807, 2.05) is 48.5 Å². The van der Waals surface area contributed by atoms with Gasteiger partial charge in [0.05, 0.1) is 0 Å². The highest BCUT2D eigenvalue weighted by atomic mass is 19.1. The molecule has 0 fully saturated rings. The SMILES string of the molecule is O=C(Oc1ccc(F)cc1)C1c2ccccc2Oc2ccccc21. The normalized spacial score (nSPS) is 12.7. The molecule has 0 aliphatic carbocycles. The minimum Gasteiger partial charge on any atom is -0.457 e. The van der Waals surface area contributed by atoms with Gasteiger partial charge in [0.25, 0.3) is 0 Å². The highest BCUT2D eigenvalue weighted by Gasteiger charge is 2.33. The van der Waals surface area contributed by atoms with Gasteiger partial charge in [-0.1, -0.05) is 36.4 Å². The molecular weight excluding hydrogens is 307 g/mol. The molecule has 3 aromatic rings. The van der Waals surface area contributed by atoms with E-state index in [4.69, 9.17) is 9.47 Å². The van der Waals surface area contributed by atoms with Crippen LogP contribution in [-0.4, -0.2) is 5.97 Å². The van der Waals surface area contributed by atoms with Crippen molar-refractivity contribution in [3.8, 4) is 17.2 Å². The second-order valence-electron chi connectivity index (χ2n) is 5.49. The Hall–Kier alpha value is -3.14. The summed E-state index contributed by atoms with van der Waals surface area (Å²) in [4.78, 5) is 12.8. The van der Waals surface area contributed by atoms with Crippen LogP contribution >= 0.6 is 0 Å². The molecule has 0 atom stereocenters. The van der Waals surface area contributed by atoms with Crippen LogP contribution in [0, 0.1) is 5.82 Å². The summed E-state index contributed by atoms with van der Waals surface area (Å²) in [6.07, 6.45) is 0. The Bertz CT molecular complexity index is 857. The average Bonchev–Trinajstić information content (AvgIpc) is 2.61. The number of esters is 1. The van der Waals surface area contributed by atoms with Gasteiger partial charge in [0.15, 0.2) is 0 Å². The Kier molecular flexibility index (Phi) is 3.50. The number of para-hydroxylation sites is 2. The molecule has 3 aromatic carbocycles. The highest BCUT2D eigenvalue weighted by molar-refractivity contribution is 5.87. The first kappa shape index (κ1) is 14.5. The zero-order valence-electron chi connectivity index (χ0n) is 12.6. The Morgan fingerprint density at radius 3 is 1.96 bits per heavy atom. The van der Waals surface area contributed by atoms with Gasteiger partial charge in [0, 0.05) is 11.1 Å². The van der Waals surface area contributed by atoms with Crippen molar-refractivity contribution in [2.75, 3.05) is 0 Å². The van der Waals surface area contributed by atoms with Crippen molar-refractivity contribution in [3.05, 3.63) is 89.7 Å². The fourth-order valence-electron chi connectivity index (χ4n) is 2.84. The summed E-state index contributed by atoms with van der Waals surface area (Å²) < 4.78 is 24.3. The number of halogens is 1. The van der Waals surface area contributed by atoms with Gasteiger partial charge in [0.1, 0.15) is 29.0 Å². The van der Waals surface area contributed by atoms with Crippen LogP contribution in [0.1, 0.15) is 17.0 Å². The first-order chi connectivity index (χ1) is 11.7. The van der Waals surface area contributed by atoms with Crippen LogP contribution in [-0.2, 0) is 4.79 Å². The summed E-state index contributed by atoms with van der Waals surface area (Å²) in [5.74, 6) is 0.190. The van der Waals surface area contributed by atoms with E-state index in [9.17, 15) is 9.18 Å². The Morgan fingerprint density at radius 1 is 0.833 bits per heavy atom. The molecule has 0 aromatic heterocycles.